The van der Waals surface area contributed by atoms with Crippen molar-refractivity contribution in [1.82, 2.24) is 5.32 Å². The third-order valence-corrected chi connectivity index (χ3v) is 5.82. The number of amides is 1. The lowest BCUT2D eigenvalue weighted by atomic mass is 9.95. The van der Waals surface area contributed by atoms with Crippen molar-refractivity contribution >= 4 is 16.7 Å². The van der Waals surface area contributed by atoms with Gasteiger partial charge in [0.1, 0.15) is 0 Å². The Balaban J connectivity index is 1.81. The highest BCUT2D eigenvalue weighted by Crippen LogP contribution is 2.26. The van der Waals surface area contributed by atoms with E-state index in [1.165, 1.54) is 0 Å². The van der Waals surface area contributed by atoms with E-state index in [2.05, 4.69) is 5.32 Å². The summed E-state index contributed by atoms with van der Waals surface area (Å²) in [5, 5.41) is 3.20. The van der Waals surface area contributed by atoms with Gasteiger partial charge in [-0.25, -0.2) is 0 Å². The van der Waals surface area contributed by atoms with Crippen molar-refractivity contribution in [3.8, 4) is 11.5 Å². The Bertz CT molecular complexity index is 549. The zero-order chi connectivity index (χ0) is 16.7. The van der Waals surface area contributed by atoms with Gasteiger partial charge in [-0.2, -0.15) is 0 Å². The van der Waals surface area contributed by atoms with Crippen LogP contribution >= 0.6 is 0 Å². The lowest BCUT2D eigenvalue weighted by molar-refractivity contribution is -0.124. The molecule has 1 aromatic rings. The minimum atomic E-state index is -0.786. The summed E-state index contributed by atoms with van der Waals surface area (Å²) < 4.78 is 22.7. The van der Waals surface area contributed by atoms with Gasteiger partial charge in [0.2, 0.25) is 0 Å². The first-order valence-corrected chi connectivity index (χ1v) is 9.44. The first kappa shape index (κ1) is 17.8. The molecule has 0 unspecified atom stereocenters. The molecule has 0 aliphatic heterocycles. The van der Waals surface area contributed by atoms with Gasteiger partial charge < -0.3 is 14.8 Å². The Labute approximate surface area is 140 Å². The van der Waals surface area contributed by atoms with E-state index in [0.29, 0.717) is 17.3 Å². The molecule has 1 fully saturated rings. The van der Waals surface area contributed by atoms with E-state index in [1.807, 2.05) is 19.1 Å². The molecule has 1 N–H and O–H groups in total. The number of carbonyl (C=O) groups excluding carboxylic acids is 1. The highest BCUT2D eigenvalue weighted by atomic mass is 32.2. The van der Waals surface area contributed by atoms with Crippen LogP contribution < -0.4 is 14.8 Å². The number of para-hydroxylation sites is 2. The molecule has 1 amide bonds. The molecule has 2 rings (SSSR count). The van der Waals surface area contributed by atoms with Crippen LogP contribution in [0.15, 0.2) is 24.3 Å². The van der Waals surface area contributed by atoms with Gasteiger partial charge in [-0.3, -0.25) is 9.00 Å². The SMILES string of the molecule is CC[S@](=O)[C@@H]1CCC[C@@H](NC(=O)COc2ccccc2OC)C1. The highest BCUT2D eigenvalue weighted by molar-refractivity contribution is 7.85. The summed E-state index contributed by atoms with van der Waals surface area (Å²) >= 11 is 0. The van der Waals surface area contributed by atoms with Gasteiger partial charge in [0.05, 0.1) is 7.11 Å². The number of benzene rings is 1. The summed E-state index contributed by atoms with van der Waals surface area (Å²) in [5.74, 6) is 1.70. The van der Waals surface area contributed by atoms with Gasteiger partial charge in [0, 0.05) is 27.8 Å². The number of nitrogens with one attached hydrogen (secondary N) is 1. The van der Waals surface area contributed by atoms with Gasteiger partial charge in [-0.15, -0.1) is 0 Å². The normalized spacial score (nSPS) is 22.2. The fraction of sp³-hybridized carbons (Fsp3) is 0.588. The summed E-state index contributed by atoms with van der Waals surface area (Å²) in [5.41, 5.74) is 0. The molecule has 5 nitrogen and oxygen atoms in total. The van der Waals surface area contributed by atoms with E-state index in [4.69, 9.17) is 9.47 Å². The second-order valence-electron chi connectivity index (χ2n) is 5.66. The van der Waals surface area contributed by atoms with Gasteiger partial charge >= 0.3 is 0 Å². The largest absolute Gasteiger partial charge is 0.493 e. The van der Waals surface area contributed by atoms with Crippen LogP contribution in [0.25, 0.3) is 0 Å². The van der Waals surface area contributed by atoms with Gasteiger partial charge in [-0.05, 0) is 31.4 Å². The summed E-state index contributed by atoms with van der Waals surface area (Å²) in [6.45, 7) is 1.90. The Morgan fingerprint density at radius 3 is 2.74 bits per heavy atom. The average molecular weight is 339 g/mol. The van der Waals surface area contributed by atoms with E-state index < -0.39 is 10.8 Å². The molecule has 0 radical (unpaired) electrons. The second-order valence-corrected chi connectivity index (χ2v) is 7.67. The molecule has 0 heterocycles. The number of ether oxygens (including phenoxy) is 2. The molecule has 1 aromatic carbocycles. The predicted octanol–water partition coefficient (Wildman–Crippen LogP) is 2.27. The van der Waals surface area contributed by atoms with Gasteiger partial charge in [-0.1, -0.05) is 25.5 Å². The van der Waals surface area contributed by atoms with Crippen molar-refractivity contribution in [3.63, 3.8) is 0 Å². The van der Waals surface area contributed by atoms with Gasteiger partial charge in [0.15, 0.2) is 18.1 Å². The minimum absolute atomic E-state index is 0.0432. The van der Waals surface area contributed by atoms with Crippen LogP contribution in [0, 0.1) is 0 Å². The summed E-state index contributed by atoms with van der Waals surface area (Å²) in [6.07, 6.45) is 3.73. The number of hydrogen-bond acceptors (Lipinski definition) is 4. The fourth-order valence-corrected chi connectivity index (χ4v) is 4.25. The molecule has 128 valence electrons. The van der Waals surface area contributed by atoms with E-state index in [9.17, 15) is 9.00 Å². The lowest BCUT2D eigenvalue weighted by Gasteiger charge is -2.29. The van der Waals surface area contributed by atoms with E-state index in [1.54, 1.807) is 19.2 Å². The van der Waals surface area contributed by atoms with Crippen molar-refractivity contribution < 1.29 is 18.5 Å². The predicted molar refractivity (Wildman–Crippen MR) is 91.4 cm³/mol. The Hall–Kier alpha value is -1.56. The van der Waals surface area contributed by atoms with Crippen molar-refractivity contribution in [2.24, 2.45) is 0 Å². The Morgan fingerprint density at radius 2 is 2.04 bits per heavy atom. The third-order valence-electron chi connectivity index (χ3n) is 4.08. The number of hydrogen-bond donors (Lipinski definition) is 1. The van der Waals surface area contributed by atoms with E-state index >= 15 is 0 Å². The van der Waals surface area contributed by atoms with Crippen molar-refractivity contribution in [2.75, 3.05) is 19.5 Å². The maximum absolute atomic E-state index is 12.1. The van der Waals surface area contributed by atoms with E-state index in [-0.39, 0.29) is 23.8 Å². The van der Waals surface area contributed by atoms with Crippen LogP contribution in [0.3, 0.4) is 0 Å². The van der Waals surface area contributed by atoms with Crippen LogP contribution in [0.5, 0.6) is 11.5 Å². The molecule has 3 atom stereocenters. The Kier molecular flexibility index (Phi) is 6.89. The smallest absolute Gasteiger partial charge is 0.258 e. The monoisotopic (exact) mass is 339 g/mol. The Morgan fingerprint density at radius 1 is 1.30 bits per heavy atom. The third kappa shape index (κ3) is 5.23. The summed E-state index contributed by atoms with van der Waals surface area (Å²) in [6, 6.07) is 7.34. The number of carbonyl (C=O) groups is 1. The molecule has 1 saturated carbocycles. The van der Waals surface area contributed by atoms with Crippen LogP contribution in [0.2, 0.25) is 0 Å². The quantitative estimate of drug-likeness (QED) is 0.828. The second kappa shape index (κ2) is 8.91. The van der Waals surface area contributed by atoms with Crippen molar-refractivity contribution in [3.05, 3.63) is 24.3 Å². The van der Waals surface area contributed by atoms with Crippen LogP contribution in [-0.2, 0) is 15.6 Å². The molecule has 1 aliphatic rings. The minimum Gasteiger partial charge on any atom is -0.493 e. The van der Waals surface area contributed by atoms with Crippen molar-refractivity contribution in [2.45, 2.75) is 43.9 Å². The number of methoxy groups -OCH3 is 1. The molecule has 0 saturated heterocycles. The molecule has 0 bridgehead atoms. The highest BCUT2D eigenvalue weighted by Gasteiger charge is 2.26. The van der Waals surface area contributed by atoms with Crippen LogP contribution in [-0.4, -0.2) is 40.9 Å². The standard InChI is InChI=1S/C17H25NO4S/c1-3-23(20)14-8-6-7-13(11-14)18-17(19)12-22-16-10-5-4-9-15(16)21-2/h4-5,9-10,13-14H,3,6-8,11-12H2,1-2H3,(H,18,19)/t13-,14-,23+/m1/s1. The molecule has 1 aliphatic carbocycles. The maximum Gasteiger partial charge on any atom is 0.258 e. The summed E-state index contributed by atoms with van der Waals surface area (Å²) in [7, 11) is 0.782. The van der Waals surface area contributed by atoms with Crippen LogP contribution in [0.1, 0.15) is 32.6 Å². The molecule has 0 aromatic heterocycles. The zero-order valence-corrected chi connectivity index (χ0v) is 14.6. The lowest BCUT2D eigenvalue weighted by Crippen LogP contribution is -2.42. The first-order valence-electron chi connectivity index (χ1n) is 8.06. The first-order chi connectivity index (χ1) is 11.1. The fourth-order valence-electron chi connectivity index (χ4n) is 2.90. The molecule has 23 heavy (non-hydrogen) atoms. The molecular formula is C17H25NO4S. The molecular weight excluding hydrogens is 314 g/mol. The molecule has 0 spiro atoms. The summed E-state index contributed by atoms with van der Waals surface area (Å²) in [4.78, 5) is 12.1. The molecule has 6 heteroatoms. The topological polar surface area (TPSA) is 64.6 Å². The number of rotatable bonds is 7. The maximum atomic E-state index is 12.1. The van der Waals surface area contributed by atoms with E-state index in [0.717, 1.165) is 25.7 Å². The van der Waals surface area contributed by atoms with Crippen LogP contribution in [0.4, 0.5) is 0 Å². The van der Waals surface area contributed by atoms with Crippen molar-refractivity contribution in [1.29, 1.82) is 0 Å². The van der Waals surface area contributed by atoms with Gasteiger partial charge in [0.25, 0.3) is 5.91 Å². The average Bonchev–Trinajstić information content (AvgIpc) is 2.59. The zero-order valence-electron chi connectivity index (χ0n) is 13.7.